The maximum absolute atomic E-state index is 13.5. The predicted molar refractivity (Wildman–Crippen MR) is 103 cm³/mol. The van der Waals surface area contributed by atoms with Crippen LogP contribution in [0.15, 0.2) is 36.4 Å². The van der Waals surface area contributed by atoms with Gasteiger partial charge in [0.15, 0.2) is 5.69 Å². The topological polar surface area (TPSA) is 88.3 Å². The van der Waals surface area contributed by atoms with E-state index < -0.39 is 34.9 Å². The lowest BCUT2D eigenvalue weighted by Gasteiger charge is -2.29. The summed E-state index contributed by atoms with van der Waals surface area (Å²) in [4.78, 5) is 43.1. The zero-order chi connectivity index (χ0) is 20.6. The first-order chi connectivity index (χ1) is 13.8. The van der Waals surface area contributed by atoms with E-state index in [4.69, 9.17) is 11.3 Å². The smallest absolute Gasteiger partial charge is 0.306 e. The average molecular weight is 390 g/mol. The molecular weight excluding hydrogens is 372 g/mol. The second kappa shape index (κ2) is 5.65. The lowest BCUT2D eigenvalue weighted by molar-refractivity contribution is -0.147. The standard InChI is InChI=1S/C22H18N2O5/c1-21-9-10-22(29-21,11-16(25)26)18-17(21)19(27)24(20(18)28)15-8-7-14(23-2)12-5-3-4-6-13(12)15/h3-8,17-18H,9-11H2,1H3,(H,25,26)/t17-,18+,21?,22?/m1/s1. The Morgan fingerprint density at radius 1 is 1.17 bits per heavy atom. The number of carbonyl (C=O) groups excluding carboxylic acids is 2. The summed E-state index contributed by atoms with van der Waals surface area (Å²) in [5, 5.41) is 10.7. The van der Waals surface area contributed by atoms with Crippen LogP contribution in [0.3, 0.4) is 0 Å². The number of aliphatic carboxylic acids is 1. The number of imide groups is 1. The minimum Gasteiger partial charge on any atom is -0.481 e. The first-order valence-corrected chi connectivity index (χ1v) is 9.50. The van der Waals surface area contributed by atoms with E-state index in [1.165, 1.54) is 4.90 Å². The third-order valence-corrected chi connectivity index (χ3v) is 6.70. The Bertz CT molecular complexity index is 1150. The van der Waals surface area contributed by atoms with Crippen LogP contribution in [0.1, 0.15) is 26.2 Å². The molecule has 5 rings (SSSR count). The van der Waals surface area contributed by atoms with Gasteiger partial charge in [0.2, 0.25) is 11.8 Å². The molecule has 3 heterocycles. The van der Waals surface area contributed by atoms with Crippen LogP contribution in [-0.4, -0.2) is 34.1 Å². The van der Waals surface area contributed by atoms with Gasteiger partial charge in [-0.1, -0.05) is 30.3 Å². The van der Waals surface area contributed by atoms with E-state index in [0.717, 1.165) is 0 Å². The fraction of sp³-hybridized carbons (Fsp3) is 0.364. The molecule has 0 spiro atoms. The van der Waals surface area contributed by atoms with Crippen molar-refractivity contribution in [3.8, 4) is 0 Å². The minimum atomic E-state index is -1.14. The molecule has 2 bridgehead atoms. The van der Waals surface area contributed by atoms with Gasteiger partial charge < -0.3 is 9.84 Å². The zero-order valence-corrected chi connectivity index (χ0v) is 15.7. The van der Waals surface area contributed by atoms with Gasteiger partial charge in [0.05, 0.1) is 41.7 Å². The van der Waals surface area contributed by atoms with E-state index in [1.807, 2.05) is 0 Å². The van der Waals surface area contributed by atoms with Crippen molar-refractivity contribution in [1.29, 1.82) is 0 Å². The Hall–Kier alpha value is -3.24. The molecule has 7 heteroatoms. The van der Waals surface area contributed by atoms with Gasteiger partial charge in [-0.05, 0) is 36.6 Å². The number of amides is 2. The Morgan fingerprint density at radius 3 is 2.55 bits per heavy atom. The molecular formula is C22H18N2O5. The summed E-state index contributed by atoms with van der Waals surface area (Å²) >= 11 is 0. The second-order valence-electron chi connectivity index (χ2n) is 8.28. The predicted octanol–water partition coefficient (Wildman–Crippen LogP) is 3.29. The fourth-order valence-electron chi connectivity index (χ4n) is 5.57. The average Bonchev–Trinajstić information content (AvgIpc) is 3.25. The molecule has 3 fully saturated rings. The molecule has 2 aromatic rings. The minimum absolute atomic E-state index is 0.298. The molecule has 7 nitrogen and oxygen atoms in total. The second-order valence-corrected chi connectivity index (χ2v) is 8.28. The lowest BCUT2D eigenvalue weighted by Crippen LogP contribution is -2.43. The van der Waals surface area contributed by atoms with Gasteiger partial charge in [-0.15, -0.1) is 0 Å². The van der Waals surface area contributed by atoms with Crippen LogP contribution in [0.2, 0.25) is 0 Å². The molecule has 0 saturated carbocycles. The van der Waals surface area contributed by atoms with Crippen LogP contribution in [-0.2, 0) is 19.1 Å². The molecule has 2 aromatic carbocycles. The van der Waals surface area contributed by atoms with Gasteiger partial charge in [-0.2, -0.15) is 0 Å². The fourth-order valence-corrected chi connectivity index (χ4v) is 5.57. The van der Waals surface area contributed by atoms with Crippen LogP contribution in [0.4, 0.5) is 11.4 Å². The SMILES string of the molecule is [C-]#[N+]c1ccc(N2C(=O)[C@@H]3[C@H](C2=O)C2(C)CCC3(CC(=O)O)O2)c2ccccc12. The van der Waals surface area contributed by atoms with E-state index in [-0.39, 0.29) is 12.3 Å². The first kappa shape index (κ1) is 17.8. The normalized spacial score (nSPS) is 32.6. The highest BCUT2D eigenvalue weighted by molar-refractivity contribution is 6.26. The van der Waals surface area contributed by atoms with E-state index in [0.29, 0.717) is 35.0 Å². The number of carboxylic acid groups (broad SMARTS) is 1. The van der Waals surface area contributed by atoms with Crippen molar-refractivity contribution >= 4 is 39.9 Å². The molecule has 0 radical (unpaired) electrons. The largest absolute Gasteiger partial charge is 0.481 e. The quantitative estimate of drug-likeness (QED) is 0.642. The molecule has 0 aliphatic carbocycles. The van der Waals surface area contributed by atoms with E-state index in [2.05, 4.69) is 4.85 Å². The van der Waals surface area contributed by atoms with Crippen LogP contribution in [0.5, 0.6) is 0 Å². The maximum Gasteiger partial charge on any atom is 0.306 e. The number of ether oxygens (including phenoxy) is 1. The molecule has 29 heavy (non-hydrogen) atoms. The van der Waals surface area contributed by atoms with Gasteiger partial charge in [-0.25, -0.2) is 9.74 Å². The Balaban J connectivity index is 1.66. The number of benzene rings is 2. The summed E-state index contributed by atoms with van der Waals surface area (Å²) in [5.41, 5.74) is -1.10. The van der Waals surface area contributed by atoms with Gasteiger partial charge in [-0.3, -0.25) is 14.4 Å². The van der Waals surface area contributed by atoms with Crippen molar-refractivity contribution < 1.29 is 24.2 Å². The Kier molecular flexibility index (Phi) is 3.47. The summed E-state index contributed by atoms with van der Waals surface area (Å²) in [6.07, 6.45) is 0.695. The van der Waals surface area contributed by atoms with E-state index >= 15 is 0 Å². The number of fused-ring (bicyclic) bond motifs is 6. The van der Waals surface area contributed by atoms with Gasteiger partial charge in [0.25, 0.3) is 0 Å². The van der Waals surface area contributed by atoms with E-state index in [1.54, 1.807) is 43.3 Å². The van der Waals surface area contributed by atoms with Crippen molar-refractivity contribution in [3.05, 3.63) is 47.8 Å². The molecule has 2 unspecified atom stereocenters. The molecule has 0 aromatic heterocycles. The third kappa shape index (κ3) is 2.18. The Morgan fingerprint density at radius 2 is 1.86 bits per heavy atom. The highest BCUT2D eigenvalue weighted by atomic mass is 16.5. The molecule has 3 aliphatic heterocycles. The summed E-state index contributed by atoms with van der Waals surface area (Å²) < 4.78 is 6.09. The van der Waals surface area contributed by atoms with Gasteiger partial charge in [0.1, 0.15) is 0 Å². The number of hydrogen-bond donors (Lipinski definition) is 1. The van der Waals surface area contributed by atoms with Crippen molar-refractivity contribution in [2.24, 2.45) is 11.8 Å². The van der Waals surface area contributed by atoms with Crippen molar-refractivity contribution in [2.75, 3.05) is 4.90 Å². The van der Waals surface area contributed by atoms with Crippen molar-refractivity contribution in [2.45, 2.75) is 37.4 Å². The molecule has 1 N–H and O–H groups in total. The van der Waals surface area contributed by atoms with Crippen molar-refractivity contribution in [1.82, 2.24) is 0 Å². The molecule has 3 aliphatic rings. The number of carboxylic acids is 1. The molecule has 2 amide bonds. The lowest BCUT2D eigenvalue weighted by atomic mass is 9.67. The third-order valence-electron chi connectivity index (χ3n) is 6.70. The van der Waals surface area contributed by atoms with Crippen LogP contribution < -0.4 is 4.90 Å². The molecule has 146 valence electrons. The van der Waals surface area contributed by atoms with Gasteiger partial charge >= 0.3 is 5.97 Å². The van der Waals surface area contributed by atoms with Crippen LogP contribution in [0.25, 0.3) is 15.6 Å². The summed E-state index contributed by atoms with van der Waals surface area (Å²) in [5.74, 6) is -3.30. The van der Waals surface area contributed by atoms with Crippen molar-refractivity contribution in [3.63, 3.8) is 0 Å². The number of carbonyl (C=O) groups is 3. The zero-order valence-electron chi connectivity index (χ0n) is 15.7. The summed E-state index contributed by atoms with van der Waals surface area (Å²) in [7, 11) is 0. The maximum atomic E-state index is 13.5. The summed E-state index contributed by atoms with van der Waals surface area (Å²) in [6, 6.07) is 10.4. The number of hydrogen-bond acceptors (Lipinski definition) is 4. The number of anilines is 1. The monoisotopic (exact) mass is 390 g/mol. The molecule has 3 saturated heterocycles. The summed E-state index contributed by atoms with van der Waals surface area (Å²) in [6.45, 7) is 9.17. The van der Waals surface area contributed by atoms with E-state index in [9.17, 15) is 19.5 Å². The highest BCUT2D eigenvalue weighted by Gasteiger charge is 2.74. The molecule has 4 atom stereocenters. The number of nitrogens with zero attached hydrogens (tertiary/aromatic N) is 2. The highest BCUT2D eigenvalue weighted by Crippen LogP contribution is 2.62. The number of rotatable bonds is 3. The van der Waals surface area contributed by atoms with Crippen LogP contribution >= 0.6 is 0 Å². The first-order valence-electron chi connectivity index (χ1n) is 9.50. The Labute approximate surface area is 166 Å². The van der Waals surface area contributed by atoms with Crippen LogP contribution in [0, 0.1) is 18.4 Å². The van der Waals surface area contributed by atoms with Gasteiger partial charge in [0, 0.05) is 0 Å².